The minimum Gasteiger partial charge on any atom is -0.350 e. The normalized spacial score (nSPS) is 16.6. The van der Waals surface area contributed by atoms with Crippen molar-refractivity contribution in [2.45, 2.75) is 26.3 Å². The fourth-order valence-corrected chi connectivity index (χ4v) is 3.87. The number of nitrogens with zero attached hydrogens (tertiary/aromatic N) is 3. The molecule has 2 aromatic rings. The number of hydrogen-bond acceptors (Lipinski definition) is 4. The zero-order valence-electron chi connectivity index (χ0n) is 13.8. The van der Waals surface area contributed by atoms with Crippen molar-refractivity contribution in [3.8, 4) is 0 Å². The van der Waals surface area contributed by atoms with E-state index in [2.05, 4.69) is 32.8 Å². The van der Waals surface area contributed by atoms with E-state index < -0.39 is 0 Å². The highest BCUT2D eigenvalue weighted by Gasteiger charge is 2.21. The Morgan fingerprint density at radius 3 is 2.83 bits per heavy atom. The molecule has 0 aliphatic carbocycles. The molecule has 23 heavy (non-hydrogen) atoms. The lowest BCUT2D eigenvalue weighted by molar-refractivity contribution is 0.0926. The van der Waals surface area contributed by atoms with E-state index in [0.717, 1.165) is 44.7 Å². The van der Waals surface area contributed by atoms with E-state index >= 15 is 0 Å². The molecule has 1 fully saturated rings. The number of aryl methyl sites for hydroxylation is 2. The molecule has 1 saturated heterocycles. The van der Waals surface area contributed by atoms with Crippen LogP contribution >= 0.6 is 11.3 Å². The highest BCUT2D eigenvalue weighted by Crippen LogP contribution is 2.20. The highest BCUT2D eigenvalue weighted by molar-refractivity contribution is 7.09. The first kappa shape index (κ1) is 16.2. The first-order valence-corrected chi connectivity index (χ1v) is 9.03. The van der Waals surface area contributed by atoms with Gasteiger partial charge in [-0.1, -0.05) is 6.07 Å². The Morgan fingerprint density at radius 1 is 1.43 bits per heavy atom. The fourth-order valence-electron chi connectivity index (χ4n) is 3.12. The Bertz CT molecular complexity index is 642. The number of nitrogens with one attached hydrogen (secondary N) is 1. The molecule has 0 unspecified atom stereocenters. The number of likely N-dealkylation sites (tertiary alicyclic amines) is 1. The molecule has 5 nitrogen and oxygen atoms in total. The van der Waals surface area contributed by atoms with Gasteiger partial charge in [-0.25, -0.2) is 0 Å². The molecule has 0 saturated carbocycles. The van der Waals surface area contributed by atoms with Crippen LogP contribution in [0.3, 0.4) is 0 Å². The maximum absolute atomic E-state index is 12.2. The maximum atomic E-state index is 12.2. The van der Waals surface area contributed by atoms with Crippen LogP contribution in [-0.4, -0.2) is 40.2 Å². The lowest BCUT2D eigenvalue weighted by Crippen LogP contribution is -2.38. The Morgan fingerprint density at radius 2 is 2.22 bits per heavy atom. The second-order valence-corrected chi connectivity index (χ2v) is 7.34. The smallest absolute Gasteiger partial charge is 0.269 e. The molecule has 1 N–H and O–H groups in total. The third kappa shape index (κ3) is 4.20. The molecule has 1 aliphatic heterocycles. The molecule has 124 valence electrons. The van der Waals surface area contributed by atoms with E-state index in [1.165, 1.54) is 4.88 Å². The van der Waals surface area contributed by atoms with E-state index in [1.54, 1.807) is 4.68 Å². The lowest BCUT2D eigenvalue weighted by Gasteiger charge is -2.31. The molecule has 0 atom stereocenters. The molecule has 3 rings (SSSR count). The molecular formula is C17H24N4OS. The van der Waals surface area contributed by atoms with E-state index in [4.69, 9.17) is 0 Å². The average Bonchev–Trinajstić information content (AvgIpc) is 3.15. The largest absolute Gasteiger partial charge is 0.350 e. The summed E-state index contributed by atoms with van der Waals surface area (Å²) in [5, 5.41) is 9.43. The minimum absolute atomic E-state index is 0.0193. The second-order valence-electron chi connectivity index (χ2n) is 6.30. The Hall–Kier alpha value is -1.66. The Balaban J connectivity index is 1.42. The van der Waals surface area contributed by atoms with Crippen molar-refractivity contribution in [3.05, 3.63) is 39.8 Å². The van der Waals surface area contributed by atoms with Gasteiger partial charge in [-0.15, -0.1) is 11.3 Å². The summed E-state index contributed by atoms with van der Waals surface area (Å²) in [5.74, 6) is 0.557. The number of rotatable bonds is 5. The summed E-state index contributed by atoms with van der Waals surface area (Å²) in [7, 11) is 1.81. The second kappa shape index (κ2) is 7.27. The van der Waals surface area contributed by atoms with Gasteiger partial charge in [0.15, 0.2) is 0 Å². The molecule has 0 bridgehead atoms. The van der Waals surface area contributed by atoms with Crippen LogP contribution in [-0.2, 0) is 13.6 Å². The summed E-state index contributed by atoms with van der Waals surface area (Å²) in [5.41, 5.74) is 1.51. The molecule has 1 aliphatic rings. The van der Waals surface area contributed by atoms with Crippen molar-refractivity contribution < 1.29 is 4.79 Å². The van der Waals surface area contributed by atoms with Crippen molar-refractivity contribution in [3.63, 3.8) is 0 Å². The van der Waals surface area contributed by atoms with Gasteiger partial charge in [0.2, 0.25) is 0 Å². The topological polar surface area (TPSA) is 50.2 Å². The summed E-state index contributed by atoms with van der Waals surface area (Å²) in [6.07, 6.45) is 2.30. The van der Waals surface area contributed by atoms with Crippen molar-refractivity contribution >= 4 is 17.2 Å². The molecule has 3 heterocycles. The summed E-state index contributed by atoms with van der Waals surface area (Å²) in [6.45, 7) is 5.95. The van der Waals surface area contributed by atoms with Crippen LogP contribution in [0.15, 0.2) is 23.6 Å². The highest BCUT2D eigenvalue weighted by atomic mass is 32.1. The van der Waals surface area contributed by atoms with Gasteiger partial charge in [0.05, 0.1) is 5.69 Å². The van der Waals surface area contributed by atoms with Gasteiger partial charge < -0.3 is 5.32 Å². The first-order valence-electron chi connectivity index (χ1n) is 8.15. The average molecular weight is 332 g/mol. The van der Waals surface area contributed by atoms with E-state index in [-0.39, 0.29) is 5.91 Å². The number of hydrogen-bond donors (Lipinski definition) is 1. The van der Waals surface area contributed by atoms with Gasteiger partial charge in [-0.2, -0.15) is 5.10 Å². The molecule has 0 spiro atoms. The monoisotopic (exact) mass is 332 g/mol. The SMILES string of the molecule is Cc1cc(C(=O)NCC2CCN(Cc3cccs3)CC2)n(C)n1. The number of amides is 1. The fraction of sp³-hybridized carbons (Fsp3) is 0.529. The van der Waals surface area contributed by atoms with Gasteiger partial charge in [0.25, 0.3) is 5.91 Å². The van der Waals surface area contributed by atoms with Crippen molar-refractivity contribution in [2.24, 2.45) is 13.0 Å². The van der Waals surface area contributed by atoms with Crippen LogP contribution in [0.5, 0.6) is 0 Å². The number of carbonyl (C=O) groups excluding carboxylic acids is 1. The van der Waals surface area contributed by atoms with Crippen LogP contribution in [0.25, 0.3) is 0 Å². The Labute approximate surface area is 141 Å². The third-order valence-electron chi connectivity index (χ3n) is 4.45. The number of thiophene rings is 1. The van der Waals surface area contributed by atoms with Crippen LogP contribution in [0.4, 0.5) is 0 Å². The zero-order valence-corrected chi connectivity index (χ0v) is 14.6. The van der Waals surface area contributed by atoms with Crippen molar-refractivity contribution in [2.75, 3.05) is 19.6 Å². The Kier molecular flexibility index (Phi) is 5.13. The van der Waals surface area contributed by atoms with Crippen LogP contribution < -0.4 is 5.32 Å². The van der Waals surface area contributed by atoms with E-state index in [0.29, 0.717) is 11.6 Å². The summed E-state index contributed by atoms with van der Waals surface area (Å²) in [6, 6.07) is 6.15. The number of carbonyl (C=O) groups is 1. The van der Waals surface area contributed by atoms with Crippen LogP contribution in [0.1, 0.15) is 33.9 Å². The number of aromatic nitrogens is 2. The minimum atomic E-state index is -0.0193. The molecule has 0 aromatic carbocycles. The molecule has 2 aromatic heterocycles. The first-order chi connectivity index (χ1) is 11.1. The summed E-state index contributed by atoms with van der Waals surface area (Å²) >= 11 is 1.83. The van der Waals surface area contributed by atoms with Crippen molar-refractivity contribution in [1.82, 2.24) is 20.0 Å². The third-order valence-corrected chi connectivity index (χ3v) is 5.31. The number of piperidine rings is 1. The summed E-state index contributed by atoms with van der Waals surface area (Å²) in [4.78, 5) is 16.2. The van der Waals surface area contributed by atoms with Gasteiger partial charge >= 0.3 is 0 Å². The van der Waals surface area contributed by atoms with Gasteiger partial charge in [0, 0.05) is 25.0 Å². The molecule has 1 amide bonds. The predicted molar refractivity (Wildman–Crippen MR) is 92.6 cm³/mol. The van der Waals surface area contributed by atoms with E-state index in [9.17, 15) is 4.79 Å². The summed E-state index contributed by atoms with van der Waals surface area (Å²) < 4.78 is 1.65. The predicted octanol–water partition coefficient (Wildman–Crippen LogP) is 2.43. The van der Waals surface area contributed by atoms with E-state index in [1.807, 2.05) is 31.4 Å². The maximum Gasteiger partial charge on any atom is 0.269 e. The van der Waals surface area contributed by atoms with Gasteiger partial charge in [0.1, 0.15) is 5.69 Å². The standard InChI is InChI=1S/C17H24N4OS/c1-13-10-16(20(2)19-13)17(22)18-11-14-5-7-21(8-6-14)12-15-4-3-9-23-15/h3-4,9-10,14H,5-8,11-12H2,1-2H3,(H,18,22). The lowest BCUT2D eigenvalue weighted by atomic mass is 9.96. The van der Waals surface area contributed by atoms with Gasteiger partial charge in [-0.05, 0) is 56.3 Å². The quantitative estimate of drug-likeness (QED) is 0.915. The zero-order chi connectivity index (χ0) is 16.2. The van der Waals surface area contributed by atoms with Crippen LogP contribution in [0.2, 0.25) is 0 Å². The molecule has 6 heteroatoms. The van der Waals surface area contributed by atoms with Crippen molar-refractivity contribution in [1.29, 1.82) is 0 Å². The molecule has 0 radical (unpaired) electrons. The molecular weight excluding hydrogens is 308 g/mol. The van der Waals surface area contributed by atoms with Gasteiger partial charge in [-0.3, -0.25) is 14.4 Å². The van der Waals surface area contributed by atoms with Crippen LogP contribution in [0, 0.1) is 12.8 Å².